The largest absolute Gasteiger partial charge is 0.366 e. The molecule has 5 nitrogen and oxygen atoms in total. The number of likely N-dealkylation sites (tertiary alicyclic amines) is 1. The molecule has 2 N–H and O–H groups in total. The number of aromatic amines is 1. The quantitative estimate of drug-likeness (QED) is 0.847. The van der Waals surface area contributed by atoms with Crippen molar-refractivity contribution in [2.24, 2.45) is 0 Å². The lowest BCUT2D eigenvalue weighted by Crippen LogP contribution is -2.38. The van der Waals surface area contributed by atoms with E-state index in [1.54, 1.807) is 6.92 Å². The minimum Gasteiger partial charge on any atom is -0.366 e. The lowest BCUT2D eigenvalue weighted by Gasteiger charge is -2.29. The van der Waals surface area contributed by atoms with Crippen molar-refractivity contribution in [3.63, 3.8) is 0 Å². The molecule has 0 spiro atoms. The second-order valence-electron chi connectivity index (χ2n) is 5.12. The molecule has 2 heterocycles. The number of piperidine rings is 1. The Kier molecular flexibility index (Phi) is 4.36. The maximum absolute atomic E-state index is 11.3. The van der Waals surface area contributed by atoms with Crippen molar-refractivity contribution in [3.05, 3.63) is 22.2 Å². The van der Waals surface area contributed by atoms with E-state index < -0.39 is 0 Å². The predicted molar refractivity (Wildman–Crippen MR) is 73.0 cm³/mol. The molecule has 1 saturated heterocycles. The number of H-pyrrole nitrogens is 1. The van der Waals surface area contributed by atoms with Crippen LogP contribution in [0, 0.1) is 6.92 Å². The Labute approximate surface area is 108 Å². The van der Waals surface area contributed by atoms with Gasteiger partial charge in [-0.15, -0.1) is 0 Å². The molecule has 0 aromatic carbocycles. The Bertz CT molecular complexity index is 437. The highest BCUT2D eigenvalue weighted by Gasteiger charge is 2.13. The van der Waals surface area contributed by atoms with Crippen molar-refractivity contribution in [1.82, 2.24) is 14.9 Å². The monoisotopic (exact) mass is 250 g/mol. The third kappa shape index (κ3) is 3.84. The molecule has 1 fully saturated rings. The minimum atomic E-state index is -0.102. The van der Waals surface area contributed by atoms with Crippen molar-refractivity contribution < 1.29 is 0 Å². The lowest BCUT2D eigenvalue weighted by atomic mass is 10.1. The first kappa shape index (κ1) is 13.1. The van der Waals surface area contributed by atoms with Crippen LogP contribution in [0.5, 0.6) is 0 Å². The van der Waals surface area contributed by atoms with Crippen molar-refractivity contribution in [1.29, 1.82) is 0 Å². The fourth-order valence-electron chi connectivity index (χ4n) is 2.48. The fourth-order valence-corrected chi connectivity index (χ4v) is 2.48. The standard InChI is InChI=1S/C13H22N4O/c1-10(9-17-6-4-3-5-7-17)14-12-8-13(18)16-11(2)15-12/h8,10H,3-7,9H2,1-2H3,(H2,14,15,16,18). The lowest BCUT2D eigenvalue weighted by molar-refractivity contribution is 0.223. The maximum atomic E-state index is 11.3. The summed E-state index contributed by atoms with van der Waals surface area (Å²) in [5.74, 6) is 1.32. The summed E-state index contributed by atoms with van der Waals surface area (Å²) in [7, 11) is 0. The molecule has 100 valence electrons. The van der Waals surface area contributed by atoms with E-state index in [4.69, 9.17) is 0 Å². The second kappa shape index (κ2) is 6.00. The number of hydrogen-bond acceptors (Lipinski definition) is 4. The molecule has 0 aliphatic carbocycles. The molecule has 0 amide bonds. The van der Waals surface area contributed by atoms with Crippen LogP contribution in [0.3, 0.4) is 0 Å². The minimum absolute atomic E-state index is 0.102. The Balaban J connectivity index is 1.89. The number of aryl methyl sites for hydroxylation is 1. The normalized spacial score (nSPS) is 18.6. The number of nitrogens with zero attached hydrogens (tertiary/aromatic N) is 2. The Hall–Kier alpha value is -1.36. The molecule has 1 aliphatic heterocycles. The van der Waals surface area contributed by atoms with Crippen LogP contribution in [-0.4, -0.2) is 40.5 Å². The summed E-state index contributed by atoms with van der Waals surface area (Å²) in [5, 5.41) is 3.30. The van der Waals surface area contributed by atoms with Gasteiger partial charge in [0.05, 0.1) is 0 Å². The van der Waals surface area contributed by atoms with E-state index in [9.17, 15) is 4.79 Å². The zero-order valence-corrected chi connectivity index (χ0v) is 11.2. The smallest absolute Gasteiger partial charge is 0.252 e. The maximum Gasteiger partial charge on any atom is 0.252 e. The highest BCUT2D eigenvalue weighted by atomic mass is 16.1. The number of aromatic nitrogens is 2. The van der Waals surface area contributed by atoms with E-state index in [1.807, 2.05) is 0 Å². The fraction of sp³-hybridized carbons (Fsp3) is 0.692. The summed E-state index contributed by atoms with van der Waals surface area (Å²) in [4.78, 5) is 20.7. The molecule has 2 rings (SSSR count). The third-order valence-corrected chi connectivity index (χ3v) is 3.24. The first-order valence-electron chi connectivity index (χ1n) is 6.70. The molecule has 5 heteroatoms. The van der Waals surface area contributed by atoms with Gasteiger partial charge in [0.1, 0.15) is 11.6 Å². The average Bonchev–Trinajstić information content (AvgIpc) is 2.28. The van der Waals surface area contributed by atoms with Gasteiger partial charge in [0.25, 0.3) is 5.56 Å². The van der Waals surface area contributed by atoms with Gasteiger partial charge in [-0.05, 0) is 39.8 Å². The van der Waals surface area contributed by atoms with E-state index in [-0.39, 0.29) is 5.56 Å². The van der Waals surface area contributed by atoms with Gasteiger partial charge in [0, 0.05) is 18.7 Å². The van der Waals surface area contributed by atoms with Crippen LogP contribution in [0.1, 0.15) is 32.0 Å². The van der Waals surface area contributed by atoms with Crippen molar-refractivity contribution >= 4 is 5.82 Å². The van der Waals surface area contributed by atoms with E-state index in [1.165, 1.54) is 38.4 Å². The van der Waals surface area contributed by atoms with Crippen molar-refractivity contribution in [2.75, 3.05) is 25.0 Å². The summed E-state index contributed by atoms with van der Waals surface area (Å²) < 4.78 is 0. The van der Waals surface area contributed by atoms with Crippen molar-refractivity contribution in [3.8, 4) is 0 Å². The van der Waals surface area contributed by atoms with Gasteiger partial charge in [-0.1, -0.05) is 6.42 Å². The van der Waals surface area contributed by atoms with Gasteiger partial charge in [-0.3, -0.25) is 4.79 Å². The number of nitrogens with one attached hydrogen (secondary N) is 2. The number of hydrogen-bond donors (Lipinski definition) is 2. The molecule has 18 heavy (non-hydrogen) atoms. The summed E-state index contributed by atoms with van der Waals surface area (Å²) in [6, 6.07) is 1.82. The topological polar surface area (TPSA) is 61.0 Å². The van der Waals surface area contributed by atoms with Crippen LogP contribution < -0.4 is 10.9 Å². The molecular weight excluding hydrogens is 228 g/mol. The third-order valence-electron chi connectivity index (χ3n) is 3.24. The van der Waals surface area contributed by atoms with E-state index in [2.05, 4.69) is 27.1 Å². The molecule has 1 aliphatic rings. The molecule has 1 atom stereocenters. The zero-order chi connectivity index (χ0) is 13.0. The molecule has 1 unspecified atom stereocenters. The number of anilines is 1. The van der Waals surface area contributed by atoms with Gasteiger partial charge in [-0.2, -0.15) is 0 Å². The van der Waals surface area contributed by atoms with Crippen LogP contribution in [0.15, 0.2) is 10.9 Å². The molecule has 0 radical (unpaired) electrons. The highest BCUT2D eigenvalue weighted by Crippen LogP contribution is 2.10. The van der Waals surface area contributed by atoms with Gasteiger partial charge >= 0.3 is 0 Å². The van der Waals surface area contributed by atoms with Gasteiger partial charge in [-0.25, -0.2) is 4.98 Å². The Morgan fingerprint density at radius 2 is 2.17 bits per heavy atom. The molecule has 0 bridgehead atoms. The summed E-state index contributed by atoms with van der Waals surface area (Å²) in [6.07, 6.45) is 3.96. The second-order valence-corrected chi connectivity index (χ2v) is 5.12. The summed E-state index contributed by atoms with van der Waals surface area (Å²) in [6.45, 7) is 7.31. The Morgan fingerprint density at radius 1 is 1.44 bits per heavy atom. The summed E-state index contributed by atoms with van der Waals surface area (Å²) >= 11 is 0. The van der Waals surface area contributed by atoms with Crippen LogP contribution in [-0.2, 0) is 0 Å². The van der Waals surface area contributed by atoms with Crippen LogP contribution in [0.2, 0.25) is 0 Å². The van der Waals surface area contributed by atoms with Gasteiger partial charge < -0.3 is 15.2 Å². The van der Waals surface area contributed by atoms with E-state index in [0.29, 0.717) is 17.7 Å². The van der Waals surface area contributed by atoms with Crippen LogP contribution in [0.25, 0.3) is 0 Å². The van der Waals surface area contributed by atoms with Gasteiger partial charge in [0.2, 0.25) is 0 Å². The SMILES string of the molecule is Cc1nc(NC(C)CN2CCCCC2)cc(=O)[nH]1. The summed E-state index contributed by atoms with van der Waals surface area (Å²) in [5.41, 5.74) is -0.102. The average molecular weight is 250 g/mol. The molecular formula is C13H22N4O. The predicted octanol–water partition coefficient (Wildman–Crippen LogP) is 1.36. The van der Waals surface area contributed by atoms with E-state index >= 15 is 0 Å². The molecule has 1 aromatic rings. The first-order valence-corrected chi connectivity index (χ1v) is 6.70. The van der Waals surface area contributed by atoms with Crippen LogP contribution >= 0.6 is 0 Å². The first-order chi connectivity index (χ1) is 8.63. The van der Waals surface area contributed by atoms with E-state index in [0.717, 1.165) is 6.54 Å². The Morgan fingerprint density at radius 3 is 2.83 bits per heavy atom. The van der Waals surface area contributed by atoms with Crippen molar-refractivity contribution in [2.45, 2.75) is 39.2 Å². The number of rotatable bonds is 4. The molecule has 0 saturated carbocycles. The molecule has 1 aromatic heterocycles. The zero-order valence-electron chi connectivity index (χ0n) is 11.2. The highest BCUT2D eigenvalue weighted by molar-refractivity contribution is 5.34. The van der Waals surface area contributed by atoms with Crippen LogP contribution in [0.4, 0.5) is 5.82 Å². The van der Waals surface area contributed by atoms with Gasteiger partial charge in [0.15, 0.2) is 0 Å².